The van der Waals surface area contributed by atoms with Crippen LogP contribution in [0.2, 0.25) is 10.0 Å². The van der Waals surface area contributed by atoms with E-state index in [0.717, 1.165) is 36.1 Å². The Kier molecular flexibility index (Phi) is 9.45. The number of hydrogen-bond donors (Lipinski definition) is 1. The third-order valence-electron chi connectivity index (χ3n) is 9.21. The van der Waals surface area contributed by atoms with Gasteiger partial charge in [0.15, 0.2) is 0 Å². The van der Waals surface area contributed by atoms with Crippen molar-refractivity contribution >= 4 is 35.1 Å². The van der Waals surface area contributed by atoms with E-state index in [2.05, 4.69) is 0 Å². The number of carbonyl (C=O) groups excluding carboxylic acids is 1. The van der Waals surface area contributed by atoms with Gasteiger partial charge in [0.25, 0.3) is 0 Å². The van der Waals surface area contributed by atoms with Crippen molar-refractivity contribution < 1.29 is 27.8 Å². The zero-order valence-corrected chi connectivity index (χ0v) is 26.9. The molecule has 3 aromatic rings. The van der Waals surface area contributed by atoms with Crippen LogP contribution in [-0.4, -0.2) is 53.1 Å². The molecule has 11 heteroatoms. The second kappa shape index (κ2) is 12.9. The van der Waals surface area contributed by atoms with E-state index in [1.807, 2.05) is 38.1 Å². The number of amidine groups is 1. The van der Waals surface area contributed by atoms with Crippen molar-refractivity contribution in [3.05, 3.63) is 99.0 Å². The van der Waals surface area contributed by atoms with Gasteiger partial charge in [-0.1, -0.05) is 47.5 Å². The smallest absolute Gasteiger partial charge is 0.416 e. The van der Waals surface area contributed by atoms with E-state index in [1.54, 1.807) is 41.0 Å². The van der Waals surface area contributed by atoms with Crippen LogP contribution in [0.1, 0.15) is 62.3 Å². The third kappa shape index (κ3) is 6.14. The first-order valence-corrected chi connectivity index (χ1v) is 15.8. The van der Waals surface area contributed by atoms with E-state index < -0.39 is 22.8 Å². The number of halogens is 5. The molecule has 45 heavy (non-hydrogen) atoms. The Morgan fingerprint density at radius 2 is 1.56 bits per heavy atom. The number of urea groups is 1. The average Bonchev–Trinajstić information content (AvgIpc) is 3.25. The first kappa shape index (κ1) is 33.1. The normalized spacial score (nSPS) is 22.5. The maximum atomic E-state index is 14.8. The van der Waals surface area contributed by atoms with Crippen LogP contribution in [-0.2, 0) is 17.3 Å². The number of amides is 2. The molecule has 1 saturated heterocycles. The van der Waals surface area contributed by atoms with Crippen LogP contribution in [0, 0.1) is 5.92 Å². The van der Waals surface area contributed by atoms with Gasteiger partial charge in [0.05, 0.1) is 17.7 Å². The number of ether oxygens (including phenoxy) is 1. The summed E-state index contributed by atoms with van der Waals surface area (Å²) in [6.07, 6.45) is -2.48. The van der Waals surface area contributed by atoms with Crippen LogP contribution in [0.15, 0.2) is 71.7 Å². The van der Waals surface area contributed by atoms with Crippen molar-refractivity contribution in [2.75, 3.05) is 26.3 Å². The van der Waals surface area contributed by atoms with Crippen molar-refractivity contribution in [2.45, 2.75) is 57.3 Å². The van der Waals surface area contributed by atoms with Gasteiger partial charge in [0.2, 0.25) is 0 Å². The summed E-state index contributed by atoms with van der Waals surface area (Å²) in [4.78, 5) is 23.4. The first-order valence-electron chi connectivity index (χ1n) is 15.0. The molecular weight excluding hydrogens is 626 g/mol. The molecule has 0 aromatic heterocycles. The minimum atomic E-state index is -4.59. The molecular formula is C34H36Cl2F3N3O3. The molecule has 1 fully saturated rings. The molecule has 2 atom stereocenters. The molecule has 0 saturated carbocycles. The fourth-order valence-electron chi connectivity index (χ4n) is 6.46. The lowest BCUT2D eigenvalue weighted by Gasteiger charge is -2.47. The maximum absolute atomic E-state index is 14.8. The highest BCUT2D eigenvalue weighted by atomic mass is 35.5. The molecule has 2 heterocycles. The molecule has 2 aliphatic heterocycles. The first-order chi connectivity index (χ1) is 21.3. The number of benzene rings is 3. The highest BCUT2D eigenvalue weighted by Crippen LogP contribution is 2.54. The van der Waals surface area contributed by atoms with Gasteiger partial charge in [0.1, 0.15) is 22.7 Å². The van der Waals surface area contributed by atoms with Gasteiger partial charge in [0, 0.05) is 29.7 Å². The lowest BCUT2D eigenvalue weighted by molar-refractivity contribution is -0.137. The average molecular weight is 663 g/mol. The summed E-state index contributed by atoms with van der Waals surface area (Å²) < 4.78 is 47.2. The highest BCUT2D eigenvalue weighted by Gasteiger charge is 2.60. The van der Waals surface area contributed by atoms with Crippen molar-refractivity contribution in [3.8, 4) is 5.75 Å². The second-order valence-electron chi connectivity index (χ2n) is 11.8. The molecule has 5 rings (SSSR count). The van der Waals surface area contributed by atoms with Gasteiger partial charge in [-0.3, -0.25) is 9.89 Å². The largest absolute Gasteiger partial charge is 0.493 e. The lowest BCUT2D eigenvalue weighted by atomic mass is 9.71. The Hall–Kier alpha value is -3.27. The van der Waals surface area contributed by atoms with E-state index in [-0.39, 0.29) is 36.4 Å². The molecule has 2 amide bonds. The Morgan fingerprint density at radius 1 is 0.978 bits per heavy atom. The lowest BCUT2D eigenvalue weighted by Crippen LogP contribution is -2.59. The minimum absolute atomic E-state index is 0.0238. The molecule has 0 unspecified atom stereocenters. The summed E-state index contributed by atoms with van der Waals surface area (Å²) in [5, 5.41) is 10.5. The monoisotopic (exact) mass is 661 g/mol. The Labute approximate surface area is 271 Å². The molecule has 0 radical (unpaired) electrons. The summed E-state index contributed by atoms with van der Waals surface area (Å²) in [6.45, 7) is 6.65. The van der Waals surface area contributed by atoms with Crippen LogP contribution in [0.4, 0.5) is 18.0 Å². The fourth-order valence-corrected chi connectivity index (χ4v) is 6.71. The molecule has 6 nitrogen and oxygen atoms in total. The third-order valence-corrected chi connectivity index (χ3v) is 9.72. The zero-order chi connectivity index (χ0) is 32.6. The van der Waals surface area contributed by atoms with Crippen molar-refractivity contribution in [1.29, 1.82) is 0 Å². The Balaban J connectivity index is 1.75. The van der Waals surface area contributed by atoms with Crippen molar-refractivity contribution in [2.24, 2.45) is 10.9 Å². The Morgan fingerprint density at radius 3 is 2.09 bits per heavy atom. The zero-order valence-electron chi connectivity index (χ0n) is 25.4. The molecule has 3 aromatic carbocycles. The number of alkyl halides is 3. The molecule has 0 spiro atoms. The number of aliphatic imine (C=N–C) groups is 1. The van der Waals surface area contributed by atoms with Crippen molar-refractivity contribution in [1.82, 2.24) is 9.80 Å². The minimum Gasteiger partial charge on any atom is -0.493 e. The number of aliphatic hydroxyl groups excluding tert-OH is 1. The van der Waals surface area contributed by atoms with Crippen LogP contribution in [0.5, 0.6) is 5.75 Å². The van der Waals surface area contributed by atoms with Gasteiger partial charge in [-0.2, -0.15) is 13.2 Å². The van der Waals surface area contributed by atoms with Crippen LogP contribution < -0.4 is 4.74 Å². The topological polar surface area (TPSA) is 65.4 Å². The van der Waals surface area contributed by atoms with E-state index in [9.17, 15) is 23.1 Å². The standard InChI is InChI=1S/C34H36Cl2F3N3O3/c1-4-45-29-21-25(34(37,38)39)9-14-28(29)30-40-32(2,23-5-10-26(35)11-6-23)33(3,24-7-12-27(36)13-8-24)42(30)31(44)41-18-15-22(16-19-41)17-20-43/h5-14,21-22,43H,4,15-20H2,1-3H3/t32-,33+/m0/s1. The van der Waals surface area contributed by atoms with E-state index in [0.29, 0.717) is 35.5 Å². The summed E-state index contributed by atoms with van der Waals surface area (Å²) >= 11 is 12.6. The number of hydrogen-bond acceptors (Lipinski definition) is 4. The predicted octanol–water partition coefficient (Wildman–Crippen LogP) is 8.52. The number of carbonyl (C=O) groups is 1. The fraction of sp³-hybridized carbons (Fsp3) is 0.412. The molecule has 0 aliphatic carbocycles. The van der Waals surface area contributed by atoms with Gasteiger partial charge < -0.3 is 14.7 Å². The Bertz CT molecular complexity index is 1560. The van der Waals surface area contributed by atoms with Crippen LogP contribution >= 0.6 is 23.2 Å². The summed E-state index contributed by atoms with van der Waals surface area (Å²) in [7, 11) is 0. The van der Waals surface area contributed by atoms with Gasteiger partial charge in [-0.25, -0.2) is 4.79 Å². The highest BCUT2D eigenvalue weighted by molar-refractivity contribution is 6.30. The number of piperidine rings is 1. The number of likely N-dealkylation sites (tertiary alicyclic amines) is 1. The van der Waals surface area contributed by atoms with Crippen LogP contribution in [0.3, 0.4) is 0 Å². The van der Waals surface area contributed by atoms with Gasteiger partial charge >= 0.3 is 12.2 Å². The number of nitrogens with zero attached hydrogens (tertiary/aromatic N) is 3. The second-order valence-corrected chi connectivity index (χ2v) is 12.7. The van der Waals surface area contributed by atoms with Gasteiger partial charge in [-0.15, -0.1) is 0 Å². The molecule has 2 aliphatic rings. The molecule has 240 valence electrons. The van der Waals surface area contributed by atoms with Gasteiger partial charge in [-0.05, 0) is 99.5 Å². The molecule has 0 bridgehead atoms. The number of aliphatic hydroxyl groups is 1. The summed E-state index contributed by atoms with van der Waals surface area (Å²) in [5.41, 5.74) is -1.41. The SMILES string of the molecule is CCOc1cc(C(F)(F)F)ccc1C1=N[C@@](C)(c2ccc(Cl)cc2)[C@@](C)(c2ccc(Cl)cc2)N1C(=O)N1CCC(CCO)CC1. The molecule has 1 N–H and O–H groups in total. The van der Waals surface area contributed by atoms with Crippen molar-refractivity contribution in [3.63, 3.8) is 0 Å². The maximum Gasteiger partial charge on any atom is 0.416 e. The van der Waals surface area contributed by atoms with E-state index >= 15 is 0 Å². The predicted molar refractivity (Wildman–Crippen MR) is 170 cm³/mol. The van der Waals surface area contributed by atoms with E-state index in [1.165, 1.54) is 6.07 Å². The summed E-state index contributed by atoms with van der Waals surface area (Å²) in [5.74, 6) is 0.473. The number of rotatable bonds is 7. The van der Waals surface area contributed by atoms with E-state index in [4.69, 9.17) is 32.9 Å². The summed E-state index contributed by atoms with van der Waals surface area (Å²) in [6, 6.07) is 17.3. The van der Waals surface area contributed by atoms with Crippen LogP contribution in [0.25, 0.3) is 0 Å². The quantitative estimate of drug-likeness (QED) is 0.276.